The summed E-state index contributed by atoms with van der Waals surface area (Å²) >= 11 is 1.55. The molecule has 7 heteroatoms. The highest BCUT2D eigenvalue weighted by molar-refractivity contribution is 7.99. The maximum atomic E-state index is 11.0. The average Bonchev–Trinajstić information content (AvgIpc) is 2.65. The molecule has 0 saturated heterocycles. The first kappa shape index (κ1) is 13.2. The van der Waals surface area contributed by atoms with Crippen molar-refractivity contribution in [3.8, 4) is 0 Å². The third-order valence-electron chi connectivity index (χ3n) is 2.39. The van der Waals surface area contributed by atoms with Crippen molar-refractivity contribution in [2.45, 2.75) is 5.75 Å². The van der Waals surface area contributed by atoms with Gasteiger partial charge >= 0.3 is 0 Å². The maximum absolute atomic E-state index is 11.0. The van der Waals surface area contributed by atoms with Crippen molar-refractivity contribution in [3.05, 3.63) is 24.0 Å². The molecule has 1 aromatic carbocycles. The molecule has 0 aliphatic rings. The lowest BCUT2D eigenvalue weighted by Crippen LogP contribution is -2.05. The van der Waals surface area contributed by atoms with E-state index >= 15 is 0 Å². The number of imidazole rings is 1. The molecule has 0 aliphatic heterocycles. The van der Waals surface area contributed by atoms with Gasteiger partial charge in [-0.15, -0.1) is 0 Å². The van der Waals surface area contributed by atoms with Crippen molar-refractivity contribution in [3.63, 3.8) is 0 Å². The predicted molar refractivity (Wildman–Crippen MR) is 76.4 cm³/mol. The second-order valence-electron chi connectivity index (χ2n) is 4.14. The Hall–Kier alpha value is -1.21. The lowest BCUT2D eigenvalue weighted by Gasteiger charge is -1.97. The molecule has 3 N–H and O–H groups in total. The molecule has 0 bridgehead atoms. The van der Waals surface area contributed by atoms with E-state index in [-0.39, 0.29) is 5.75 Å². The van der Waals surface area contributed by atoms with E-state index in [9.17, 15) is 8.42 Å². The fraction of sp³-hybridized carbons (Fsp3) is 0.364. The van der Waals surface area contributed by atoms with Crippen molar-refractivity contribution < 1.29 is 8.42 Å². The summed E-state index contributed by atoms with van der Waals surface area (Å²) < 4.78 is 21.9. The molecule has 1 aromatic heterocycles. The maximum Gasteiger partial charge on any atom is 0.148 e. The molecule has 5 nitrogen and oxygen atoms in total. The number of H-pyrrole nitrogens is 1. The summed E-state index contributed by atoms with van der Waals surface area (Å²) in [4.78, 5) is 7.58. The van der Waals surface area contributed by atoms with Gasteiger partial charge in [0.25, 0.3) is 0 Å². The van der Waals surface area contributed by atoms with Crippen LogP contribution in [0.25, 0.3) is 11.0 Å². The molecule has 1 heterocycles. The predicted octanol–water partition coefficient (Wildman–Crippen LogP) is 1.42. The SMILES string of the molecule is CS(=O)(=O)CCSCc1nc2ccc(N)cc2[nH]1. The van der Waals surface area contributed by atoms with E-state index < -0.39 is 9.84 Å². The lowest BCUT2D eigenvalue weighted by atomic mass is 10.3. The Balaban J connectivity index is 1.96. The van der Waals surface area contributed by atoms with E-state index in [1.807, 2.05) is 18.2 Å². The van der Waals surface area contributed by atoms with Crippen LogP contribution < -0.4 is 5.73 Å². The van der Waals surface area contributed by atoms with Crippen LogP contribution in [-0.4, -0.2) is 36.1 Å². The largest absolute Gasteiger partial charge is 0.399 e. The van der Waals surface area contributed by atoms with Crippen LogP contribution in [0.3, 0.4) is 0 Å². The summed E-state index contributed by atoms with van der Waals surface area (Å²) in [5, 5.41) is 0. The second kappa shape index (κ2) is 5.19. The zero-order valence-corrected chi connectivity index (χ0v) is 11.6. The number of fused-ring (bicyclic) bond motifs is 1. The number of hydrogen-bond donors (Lipinski definition) is 2. The Labute approximate surface area is 110 Å². The van der Waals surface area contributed by atoms with Gasteiger partial charge in [-0.1, -0.05) is 0 Å². The van der Waals surface area contributed by atoms with Crippen molar-refractivity contribution in [2.24, 2.45) is 0 Å². The van der Waals surface area contributed by atoms with Gasteiger partial charge in [0.05, 0.1) is 22.5 Å². The van der Waals surface area contributed by atoms with Gasteiger partial charge in [-0.25, -0.2) is 13.4 Å². The molecule has 0 unspecified atom stereocenters. The van der Waals surface area contributed by atoms with Gasteiger partial charge in [0.2, 0.25) is 0 Å². The summed E-state index contributed by atoms with van der Waals surface area (Å²) in [6.45, 7) is 0. The molecule has 18 heavy (non-hydrogen) atoms. The van der Waals surface area contributed by atoms with Crippen molar-refractivity contribution in [1.29, 1.82) is 0 Å². The second-order valence-corrected chi connectivity index (χ2v) is 7.51. The van der Waals surface area contributed by atoms with Crippen LogP contribution in [-0.2, 0) is 15.6 Å². The first-order chi connectivity index (χ1) is 8.44. The molecule has 0 aliphatic carbocycles. The number of nitrogens with two attached hydrogens (primary N) is 1. The molecule has 0 saturated carbocycles. The van der Waals surface area contributed by atoms with Crippen LogP contribution in [0.5, 0.6) is 0 Å². The topological polar surface area (TPSA) is 88.8 Å². The molecule has 2 rings (SSSR count). The number of rotatable bonds is 5. The van der Waals surface area contributed by atoms with E-state index in [0.717, 1.165) is 16.9 Å². The molecule has 0 amide bonds. The zero-order valence-electron chi connectivity index (χ0n) is 10.0. The molecule has 0 fully saturated rings. The number of aromatic amines is 1. The first-order valence-corrected chi connectivity index (χ1v) is 8.65. The van der Waals surface area contributed by atoms with Crippen molar-refractivity contribution in [2.75, 3.05) is 23.5 Å². The third-order valence-corrected chi connectivity index (χ3v) is 4.57. The highest BCUT2D eigenvalue weighted by Gasteiger charge is 2.05. The van der Waals surface area contributed by atoms with E-state index in [2.05, 4.69) is 9.97 Å². The van der Waals surface area contributed by atoms with Gasteiger partial charge < -0.3 is 10.7 Å². The summed E-state index contributed by atoms with van der Waals surface area (Å²) in [5.74, 6) is 2.29. The fourth-order valence-electron chi connectivity index (χ4n) is 1.53. The minimum absolute atomic E-state index is 0.199. The number of aromatic nitrogens is 2. The minimum atomic E-state index is -2.88. The highest BCUT2D eigenvalue weighted by atomic mass is 32.2. The molecule has 2 aromatic rings. The number of thioether (sulfide) groups is 1. The fourth-order valence-corrected chi connectivity index (χ4v) is 3.68. The molecular formula is C11H15N3O2S2. The molecule has 0 spiro atoms. The number of nitrogens with one attached hydrogen (secondary N) is 1. The number of benzene rings is 1. The van der Waals surface area contributed by atoms with E-state index in [4.69, 9.17) is 5.73 Å². The third kappa shape index (κ3) is 3.64. The summed E-state index contributed by atoms with van der Waals surface area (Å²) in [5.41, 5.74) is 8.17. The van der Waals surface area contributed by atoms with Gasteiger partial charge in [0.1, 0.15) is 15.7 Å². The monoisotopic (exact) mass is 285 g/mol. The molecule has 0 atom stereocenters. The number of nitrogens with zero attached hydrogens (tertiary/aromatic N) is 1. The van der Waals surface area contributed by atoms with Crippen LogP contribution in [0.2, 0.25) is 0 Å². The van der Waals surface area contributed by atoms with E-state index in [1.165, 1.54) is 6.26 Å². The van der Waals surface area contributed by atoms with Crippen LogP contribution in [0.15, 0.2) is 18.2 Å². The van der Waals surface area contributed by atoms with Crippen LogP contribution in [0.4, 0.5) is 5.69 Å². The first-order valence-electron chi connectivity index (χ1n) is 5.44. The molecule has 98 valence electrons. The Morgan fingerprint density at radius 3 is 2.94 bits per heavy atom. The smallest absolute Gasteiger partial charge is 0.148 e. The quantitative estimate of drug-likeness (QED) is 0.640. The average molecular weight is 285 g/mol. The summed E-state index contributed by atoms with van der Waals surface area (Å²) in [6.07, 6.45) is 1.25. The van der Waals surface area contributed by atoms with Gasteiger partial charge in [0.15, 0.2) is 0 Å². The van der Waals surface area contributed by atoms with Gasteiger partial charge in [-0.05, 0) is 18.2 Å². The Morgan fingerprint density at radius 1 is 1.44 bits per heavy atom. The number of anilines is 1. The highest BCUT2D eigenvalue weighted by Crippen LogP contribution is 2.17. The van der Waals surface area contributed by atoms with Crippen LogP contribution >= 0.6 is 11.8 Å². The van der Waals surface area contributed by atoms with Crippen molar-refractivity contribution in [1.82, 2.24) is 9.97 Å². The summed E-state index contributed by atoms with van der Waals surface area (Å²) in [6, 6.07) is 5.52. The Morgan fingerprint density at radius 2 is 2.22 bits per heavy atom. The van der Waals surface area contributed by atoms with Gasteiger partial charge in [-0.2, -0.15) is 11.8 Å². The Bertz CT molecular complexity index is 649. The van der Waals surface area contributed by atoms with Gasteiger partial charge in [0, 0.05) is 17.7 Å². The lowest BCUT2D eigenvalue weighted by molar-refractivity contribution is 0.603. The van der Waals surface area contributed by atoms with Crippen molar-refractivity contribution >= 4 is 38.3 Å². The minimum Gasteiger partial charge on any atom is -0.399 e. The standard InChI is InChI=1S/C11H15N3O2S2/c1-18(15,16)5-4-17-7-11-13-9-3-2-8(12)6-10(9)14-11/h2-3,6H,4-5,7,12H2,1H3,(H,13,14). The molecular weight excluding hydrogens is 270 g/mol. The van der Waals surface area contributed by atoms with E-state index in [0.29, 0.717) is 17.2 Å². The van der Waals surface area contributed by atoms with Crippen LogP contribution in [0, 0.1) is 0 Å². The number of hydrogen-bond acceptors (Lipinski definition) is 5. The van der Waals surface area contributed by atoms with Gasteiger partial charge in [-0.3, -0.25) is 0 Å². The Kier molecular flexibility index (Phi) is 3.82. The normalized spacial score (nSPS) is 12.1. The zero-order chi connectivity index (χ0) is 13.2. The number of nitrogen functional groups attached to an aromatic ring is 1. The summed E-state index contributed by atoms with van der Waals surface area (Å²) in [7, 11) is -2.88. The number of sulfone groups is 1. The van der Waals surface area contributed by atoms with E-state index in [1.54, 1.807) is 11.8 Å². The molecule has 0 radical (unpaired) electrons. The van der Waals surface area contributed by atoms with Crippen LogP contribution in [0.1, 0.15) is 5.82 Å².